The number of benzene rings is 1. The number of anilines is 1. The molecule has 0 bridgehead atoms. The Balaban J connectivity index is 1.07. The highest BCUT2D eigenvalue weighted by atomic mass is 19.1. The Morgan fingerprint density at radius 2 is 1.82 bits per heavy atom. The Kier molecular flexibility index (Phi) is 7.50. The van der Waals surface area contributed by atoms with Gasteiger partial charge in [0.05, 0.1) is 11.9 Å². The number of ether oxygens (including phenoxy) is 3. The van der Waals surface area contributed by atoms with Gasteiger partial charge in [0.2, 0.25) is 0 Å². The van der Waals surface area contributed by atoms with Crippen LogP contribution in [-0.4, -0.2) is 98.6 Å². The summed E-state index contributed by atoms with van der Waals surface area (Å²) in [6.45, 7) is 10.0. The minimum atomic E-state index is -0.823. The number of piperazine rings is 1. The van der Waals surface area contributed by atoms with Gasteiger partial charge in [0, 0.05) is 50.9 Å². The van der Waals surface area contributed by atoms with Crippen LogP contribution in [0.3, 0.4) is 0 Å². The van der Waals surface area contributed by atoms with Crippen LogP contribution in [0.4, 0.5) is 14.9 Å². The molecule has 1 saturated carbocycles. The maximum absolute atomic E-state index is 14.3. The van der Waals surface area contributed by atoms with Crippen LogP contribution in [0.5, 0.6) is 17.6 Å². The predicted molar refractivity (Wildman–Crippen MR) is 163 cm³/mol. The quantitative estimate of drug-likeness (QED) is 0.352. The highest BCUT2D eigenvalue weighted by Gasteiger charge is 2.49. The van der Waals surface area contributed by atoms with E-state index in [0.29, 0.717) is 56.0 Å². The minimum Gasteiger partial charge on any atom is -0.461 e. The number of alkyl halides is 1. The first-order valence-electron chi connectivity index (χ1n) is 15.9. The summed E-state index contributed by atoms with van der Waals surface area (Å²) in [6, 6.07) is 8.48. The number of carbonyl (C=O) groups is 1. The van der Waals surface area contributed by atoms with Gasteiger partial charge in [0.25, 0.3) is 5.88 Å². The lowest BCUT2D eigenvalue weighted by molar-refractivity contribution is 0.0240. The summed E-state index contributed by atoms with van der Waals surface area (Å²) in [5.41, 5.74) is 1.55. The van der Waals surface area contributed by atoms with Crippen LogP contribution in [0.2, 0.25) is 0 Å². The van der Waals surface area contributed by atoms with Crippen molar-refractivity contribution in [3.63, 3.8) is 0 Å². The molecule has 1 aromatic carbocycles. The Labute approximate surface area is 257 Å². The number of carbonyl (C=O) groups excluding carboxylic acids is 1. The molecule has 236 valence electrons. The fraction of sp³-hybridized carbons (Fsp3) is 0.625. The zero-order valence-electron chi connectivity index (χ0n) is 25.9. The summed E-state index contributed by atoms with van der Waals surface area (Å²) in [7, 11) is 0. The number of amides is 1. The molecule has 1 amide bonds. The van der Waals surface area contributed by atoms with Crippen molar-refractivity contribution in [3.05, 3.63) is 30.6 Å². The van der Waals surface area contributed by atoms with Crippen molar-refractivity contribution in [3.8, 4) is 17.6 Å². The maximum Gasteiger partial charge on any atom is 0.410 e. The van der Waals surface area contributed by atoms with Crippen molar-refractivity contribution >= 4 is 22.9 Å². The third kappa shape index (κ3) is 5.76. The standard InChI is InChI=1S/C32H42FN7O4/c1-31(2,3)44-30(41)38-16-14-37(15-17-38)23-8-10-25(11-9-23)43-28-26-27(34-21-40(26)24-6-4-7-24)35-29(36-28)42-20-32-12-5-13-39(32)19-22(33)18-32/h8-11,21-22,24H,4-7,12-20H2,1-3H3/t22-,32+/m1/s1. The summed E-state index contributed by atoms with van der Waals surface area (Å²) in [6.07, 6.45) is 6.53. The lowest BCUT2D eigenvalue weighted by Crippen LogP contribution is -2.50. The SMILES string of the molecule is CC(C)(C)OC(=O)N1CCN(c2ccc(Oc3nc(OC[C@@]45CCCN4C[C@H](F)C5)nc4ncn(C5CCC5)c34)cc2)CC1. The smallest absolute Gasteiger partial charge is 0.410 e. The van der Waals surface area contributed by atoms with Crippen LogP contribution in [-0.2, 0) is 4.74 Å². The van der Waals surface area contributed by atoms with E-state index in [4.69, 9.17) is 19.2 Å². The van der Waals surface area contributed by atoms with E-state index in [1.165, 1.54) is 6.42 Å². The number of nitrogens with zero attached hydrogens (tertiary/aromatic N) is 7. The molecule has 0 N–H and O–H groups in total. The second-order valence-corrected chi connectivity index (χ2v) is 13.6. The molecule has 1 aliphatic carbocycles. The first-order valence-corrected chi connectivity index (χ1v) is 15.9. The average molecular weight is 608 g/mol. The number of aromatic nitrogens is 4. The molecule has 44 heavy (non-hydrogen) atoms. The van der Waals surface area contributed by atoms with Crippen LogP contribution in [0.15, 0.2) is 30.6 Å². The molecule has 11 nitrogen and oxygen atoms in total. The Morgan fingerprint density at radius 1 is 1.05 bits per heavy atom. The number of hydrogen-bond acceptors (Lipinski definition) is 9. The maximum atomic E-state index is 14.3. The van der Waals surface area contributed by atoms with Gasteiger partial charge in [-0.15, -0.1) is 0 Å². The van der Waals surface area contributed by atoms with Crippen molar-refractivity contribution < 1.29 is 23.4 Å². The molecule has 2 atom stereocenters. The topological polar surface area (TPSA) is 98.1 Å². The molecule has 12 heteroatoms. The number of fused-ring (bicyclic) bond motifs is 2. The molecule has 0 spiro atoms. The van der Waals surface area contributed by atoms with Gasteiger partial charge in [-0.25, -0.2) is 14.2 Å². The molecule has 2 aromatic heterocycles. The molecule has 3 aromatic rings. The number of halogens is 1. The molecular formula is C32H42FN7O4. The normalized spacial score (nSPS) is 24.4. The second kappa shape index (κ2) is 11.4. The Bertz CT molecular complexity index is 1500. The average Bonchev–Trinajstić information content (AvgIpc) is 3.63. The first-order chi connectivity index (χ1) is 21.2. The highest BCUT2D eigenvalue weighted by molar-refractivity contribution is 5.77. The lowest BCUT2D eigenvalue weighted by Gasteiger charge is -2.36. The van der Waals surface area contributed by atoms with E-state index in [-0.39, 0.29) is 17.6 Å². The predicted octanol–water partition coefficient (Wildman–Crippen LogP) is 5.36. The van der Waals surface area contributed by atoms with E-state index in [9.17, 15) is 9.18 Å². The van der Waals surface area contributed by atoms with E-state index in [1.807, 2.05) is 51.4 Å². The molecule has 4 fully saturated rings. The summed E-state index contributed by atoms with van der Waals surface area (Å²) in [4.78, 5) is 32.7. The van der Waals surface area contributed by atoms with E-state index < -0.39 is 11.8 Å². The van der Waals surface area contributed by atoms with Crippen LogP contribution in [0.25, 0.3) is 11.2 Å². The van der Waals surface area contributed by atoms with Crippen LogP contribution in [0.1, 0.15) is 65.3 Å². The molecule has 7 rings (SSSR count). The van der Waals surface area contributed by atoms with Crippen LogP contribution < -0.4 is 14.4 Å². The van der Waals surface area contributed by atoms with Crippen LogP contribution >= 0.6 is 0 Å². The third-order valence-electron chi connectivity index (χ3n) is 9.42. The molecule has 3 aliphatic heterocycles. The summed E-state index contributed by atoms with van der Waals surface area (Å²) in [5, 5.41) is 0. The van der Waals surface area contributed by atoms with Gasteiger partial charge in [-0.1, -0.05) is 0 Å². The monoisotopic (exact) mass is 607 g/mol. The summed E-state index contributed by atoms with van der Waals surface area (Å²) < 4.78 is 34.6. The molecule has 5 heterocycles. The van der Waals surface area contributed by atoms with Crippen molar-refractivity contribution in [1.82, 2.24) is 29.3 Å². The lowest BCUT2D eigenvalue weighted by atomic mass is 9.93. The number of imidazole rings is 1. The fourth-order valence-electron chi connectivity index (χ4n) is 6.93. The van der Waals surface area contributed by atoms with Crippen molar-refractivity contribution in [2.24, 2.45) is 0 Å². The third-order valence-corrected chi connectivity index (χ3v) is 9.42. The van der Waals surface area contributed by atoms with Gasteiger partial charge in [0.1, 0.15) is 24.1 Å². The Morgan fingerprint density at radius 3 is 2.52 bits per heavy atom. The van der Waals surface area contributed by atoms with E-state index in [1.54, 1.807) is 4.90 Å². The van der Waals surface area contributed by atoms with Crippen molar-refractivity contribution in [2.75, 3.05) is 50.8 Å². The second-order valence-electron chi connectivity index (χ2n) is 13.6. The highest BCUT2D eigenvalue weighted by Crippen LogP contribution is 2.41. The zero-order chi connectivity index (χ0) is 30.5. The Hall–Kier alpha value is -3.67. The number of rotatable bonds is 7. The van der Waals surface area contributed by atoms with E-state index in [2.05, 4.69) is 24.3 Å². The molecule has 4 aliphatic rings. The minimum absolute atomic E-state index is 0.203. The summed E-state index contributed by atoms with van der Waals surface area (Å²) in [5.74, 6) is 1.05. The molecule has 0 unspecified atom stereocenters. The van der Waals surface area contributed by atoms with E-state index in [0.717, 1.165) is 56.5 Å². The first kappa shape index (κ1) is 29.1. The van der Waals surface area contributed by atoms with E-state index >= 15 is 0 Å². The van der Waals surface area contributed by atoms with Crippen LogP contribution in [0, 0.1) is 0 Å². The van der Waals surface area contributed by atoms with Gasteiger partial charge in [0.15, 0.2) is 11.2 Å². The van der Waals surface area contributed by atoms with Gasteiger partial charge in [-0.05, 0) is 83.7 Å². The fourth-order valence-corrected chi connectivity index (χ4v) is 6.93. The van der Waals surface area contributed by atoms with Gasteiger partial charge in [-0.2, -0.15) is 9.97 Å². The molecule has 0 radical (unpaired) electrons. The van der Waals surface area contributed by atoms with Gasteiger partial charge >= 0.3 is 12.1 Å². The van der Waals surface area contributed by atoms with Gasteiger partial charge < -0.3 is 28.6 Å². The largest absolute Gasteiger partial charge is 0.461 e. The zero-order valence-corrected chi connectivity index (χ0v) is 25.9. The molecular weight excluding hydrogens is 565 g/mol. The van der Waals surface area contributed by atoms with Gasteiger partial charge in [-0.3, -0.25) is 4.90 Å². The van der Waals surface area contributed by atoms with Crippen molar-refractivity contribution in [2.45, 2.75) is 82.6 Å². The van der Waals surface area contributed by atoms with Crippen molar-refractivity contribution in [1.29, 1.82) is 0 Å². The molecule has 3 saturated heterocycles. The number of hydrogen-bond donors (Lipinski definition) is 0. The summed E-state index contributed by atoms with van der Waals surface area (Å²) >= 11 is 0.